The van der Waals surface area contributed by atoms with Gasteiger partial charge in [0, 0.05) is 30.6 Å². The quantitative estimate of drug-likeness (QED) is 0.628. The zero-order valence-electron chi connectivity index (χ0n) is 12.1. The van der Waals surface area contributed by atoms with Crippen LogP contribution in [0, 0.1) is 10.1 Å². The molecule has 0 saturated heterocycles. The summed E-state index contributed by atoms with van der Waals surface area (Å²) in [6, 6.07) is 6.42. The number of nitro groups is 1. The third kappa shape index (κ3) is 3.45. The summed E-state index contributed by atoms with van der Waals surface area (Å²) < 4.78 is 7.08. The first-order valence-corrected chi connectivity index (χ1v) is 7.34. The van der Waals surface area contributed by atoms with Gasteiger partial charge >= 0.3 is 5.69 Å². The van der Waals surface area contributed by atoms with E-state index in [9.17, 15) is 10.1 Å². The topological polar surface area (TPSA) is 69.3 Å². The fourth-order valence-corrected chi connectivity index (χ4v) is 2.41. The second-order valence-corrected chi connectivity index (χ2v) is 5.32. The molecule has 0 atom stereocenters. The Labute approximate surface area is 137 Å². The van der Waals surface area contributed by atoms with Gasteiger partial charge in [-0.3, -0.25) is 10.1 Å². The minimum atomic E-state index is -0.467. The summed E-state index contributed by atoms with van der Waals surface area (Å²) in [6.45, 7) is 2.61. The average molecular weight is 344 g/mol. The van der Waals surface area contributed by atoms with Gasteiger partial charge in [-0.2, -0.15) is 0 Å². The molecular formula is C14H15Cl2N3O3. The van der Waals surface area contributed by atoms with E-state index in [1.54, 1.807) is 29.7 Å². The summed E-state index contributed by atoms with van der Waals surface area (Å²) in [5.74, 6) is 0.237. The van der Waals surface area contributed by atoms with Crippen molar-refractivity contribution >= 4 is 34.6 Å². The van der Waals surface area contributed by atoms with Crippen molar-refractivity contribution in [3.05, 3.63) is 50.2 Å². The molecule has 0 fully saturated rings. The lowest BCUT2D eigenvalue weighted by Gasteiger charge is -2.10. The van der Waals surface area contributed by atoms with E-state index in [2.05, 4.69) is 5.32 Å². The Morgan fingerprint density at radius 3 is 2.64 bits per heavy atom. The monoisotopic (exact) mass is 343 g/mol. The number of anilines is 1. The van der Waals surface area contributed by atoms with E-state index in [0.29, 0.717) is 29.0 Å². The van der Waals surface area contributed by atoms with Crippen LogP contribution in [-0.4, -0.2) is 16.1 Å². The summed E-state index contributed by atoms with van der Waals surface area (Å²) in [4.78, 5) is 10.5. The lowest BCUT2D eigenvalue weighted by molar-refractivity contribution is -0.385. The molecule has 0 spiro atoms. The van der Waals surface area contributed by atoms with Crippen LogP contribution in [0.4, 0.5) is 11.4 Å². The van der Waals surface area contributed by atoms with Crippen molar-refractivity contribution in [1.82, 2.24) is 4.57 Å². The highest BCUT2D eigenvalue weighted by atomic mass is 35.5. The molecule has 2 rings (SSSR count). The SMILES string of the molecule is CCOc1cc(NCc2cc(Cl)c(Cl)n2C)ccc1[N+](=O)[O-]. The molecule has 1 aromatic heterocycles. The zero-order valence-corrected chi connectivity index (χ0v) is 13.6. The second kappa shape index (κ2) is 6.89. The fourth-order valence-electron chi connectivity index (χ4n) is 2.00. The van der Waals surface area contributed by atoms with E-state index < -0.39 is 4.92 Å². The molecule has 0 saturated carbocycles. The first-order chi connectivity index (χ1) is 10.4. The number of rotatable bonds is 6. The Kier molecular flexibility index (Phi) is 5.15. The van der Waals surface area contributed by atoms with Gasteiger partial charge in [-0.05, 0) is 19.1 Å². The van der Waals surface area contributed by atoms with Crippen molar-refractivity contribution in [1.29, 1.82) is 0 Å². The Balaban J connectivity index is 2.17. The molecule has 1 heterocycles. The van der Waals surface area contributed by atoms with Crippen LogP contribution < -0.4 is 10.1 Å². The van der Waals surface area contributed by atoms with Gasteiger partial charge in [-0.25, -0.2) is 0 Å². The normalized spacial score (nSPS) is 10.5. The van der Waals surface area contributed by atoms with Crippen LogP contribution in [-0.2, 0) is 13.6 Å². The molecule has 0 bridgehead atoms. The summed E-state index contributed by atoms with van der Waals surface area (Å²) in [5.41, 5.74) is 1.55. The number of hydrogen-bond donors (Lipinski definition) is 1. The summed E-state index contributed by atoms with van der Waals surface area (Å²) in [6.07, 6.45) is 0. The zero-order chi connectivity index (χ0) is 16.3. The minimum absolute atomic E-state index is 0.0580. The van der Waals surface area contributed by atoms with Crippen molar-refractivity contribution in [3.8, 4) is 5.75 Å². The van der Waals surface area contributed by atoms with Gasteiger partial charge < -0.3 is 14.6 Å². The summed E-state index contributed by atoms with van der Waals surface area (Å²) in [7, 11) is 1.81. The number of ether oxygens (including phenoxy) is 1. The van der Waals surface area contributed by atoms with E-state index in [1.165, 1.54) is 6.07 Å². The lowest BCUT2D eigenvalue weighted by Crippen LogP contribution is -2.05. The van der Waals surface area contributed by atoms with Gasteiger partial charge in [0.15, 0.2) is 5.75 Å². The van der Waals surface area contributed by atoms with Crippen molar-refractivity contribution in [3.63, 3.8) is 0 Å². The van der Waals surface area contributed by atoms with Crippen LogP contribution in [0.1, 0.15) is 12.6 Å². The molecule has 1 aromatic carbocycles. The van der Waals surface area contributed by atoms with Crippen LogP contribution in [0.25, 0.3) is 0 Å². The molecule has 8 heteroatoms. The molecule has 2 aromatic rings. The molecule has 118 valence electrons. The fraction of sp³-hybridized carbons (Fsp3) is 0.286. The van der Waals surface area contributed by atoms with E-state index in [1.807, 2.05) is 7.05 Å². The van der Waals surface area contributed by atoms with Crippen LogP contribution in [0.5, 0.6) is 5.75 Å². The highest BCUT2D eigenvalue weighted by Crippen LogP contribution is 2.31. The first-order valence-electron chi connectivity index (χ1n) is 6.58. The highest BCUT2D eigenvalue weighted by Gasteiger charge is 2.15. The molecule has 0 amide bonds. The Hall–Kier alpha value is -1.92. The first kappa shape index (κ1) is 16.5. The minimum Gasteiger partial charge on any atom is -0.487 e. The highest BCUT2D eigenvalue weighted by molar-refractivity contribution is 6.41. The van der Waals surface area contributed by atoms with Gasteiger partial charge in [0.05, 0.1) is 23.1 Å². The molecule has 6 nitrogen and oxygen atoms in total. The maximum absolute atomic E-state index is 10.9. The largest absolute Gasteiger partial charge is 0.487 e. The predicted molar refractivity (Wildman–Crippen MR) is 87.0 cm³/mol. The Bertz CT molecular complexity index is 701. The van der Waals surface area contributed by atoms with Crippen molar-refractivity contribution < 1.29 is 9.66 Å². The predicted octanol–water partition coefficient (Wildman–Crippen LogP) is 4.25. The van der Waals surface area contributed by atoms with E-state index >= 15 is 0 Å². The molecule has 0 aliphatic heterocycles. The van der Waals surface area contributed by atoms with E-state index in [0.717, 1.165) is 5.69 Å². The second-order valence-electron chi connectivity index (χ2n) is 4.56. The number of nitrogens with one attached hydrogen (secondary N) is 1. The number of nitro benzene ring substituents is 1. The number of hydrogen-bond acceptors (Lipinski definition) is 4. The van der Waals surface area contributed by atoms with Gasteiger partial charge in [-0.15, -0.1) is 0 Å². The maximum Gasteiger partial charge on any atom is 0.311 e. The third-order valence-corrected chi connectivity index (χ3v) is 3.99. The van der Waals surface area contributed by atoms with Gasteiger partial charge in [0.1, 0.15) is 5.15 Å². The van der Waals surface area contributed by atoms with Crippen molar-refractivity contribution in [2.75, 3.05) is 11.9 Å². The van der Waals surface area contributed by atoms with Crippen LogP contribution >= 0.6 is 23.2 Å². The number of halogens is 2. The smallest absolute Gasteiger partial charge is 0.311 e. The van der Waals surface area contributed by atoms with E-state index in [-0.39, 0.29) is 11.4 Å². The maximum atomic E-state index is 10.9. The molecular weight excluding hydrogens is 329 g/mol. The van der Waals surface area contributed by atoms with Crippen molar-refractivity contribution in [2.45, 2.75) is 13.5 Å². The third-order valence-electron chi connectivity index (χ3n) is 3.15. The number of benzene rings is 1. The molecule has 0 aliphatic carbocycles. The lowest BCUT2D eigenvalue weighted by atomic mass is 10.2. The van der Waals surface area contributed by atoms with Crippen molar-refractivity contribution in [2.24, 2.45) is 7.05 Å². The van der Waals surface area contributed by atoms with Gasteiger partial charge in [-0.1, -0.05) is 23.2 Å². The van der Waals surface area contributed by atoms with Crippen LogP contribution in [0.3, 0.4) is 0 Å². The van der Waals surface area contributed by atoms with Gasteiger partial charge in [0.25, 0.3) is 0 Å². The Morgan fingerprint density at radius 1 is 1.36 bits per heavy atom. The summed E-state index contributed by atoms with van der Waals surface area (Å²) in [5, 5.41) is 15.1. The van der Waals surface area contributed by atoms with Crippen LogP contribution in [0.2, 0.25) is 10.2 Å². The van der Waals surface area contributed by atoms with E-state index in [4.69, 9.17) is 27.9 Å². The van der Waals surface area contributed by atoms with Gasteiger partial charge in [0.2, 0.25) is 0 Å². The standard InChI is InChI=1S/C14H15Cl2N3O3/c1-3-22-13-6-9(4-5-12(13)19(20)21)17-8-10-7-11(15)14(16)18(10)2/h4-7,17H,3,8H2,1-2H3. The number of aromatic nitrogens is 1. The molecule has 22 heavy (non-hydrogen) atoms. The molecule has 1 N–H and O–H groups in total. The summed E-state index contributed by atoms with van der Waals surface area (Å²) >= 11 is 12.0. The molecule has 0 aliphatic rings. The molecule has 0 unspecified atom stereocenters. The van der Waals surface area contributed by atoms with Crippen LogP contribution in [0.15, 0.2) is 24.3 Å². The average Bonchev–Trinajstić information content (AvgIpc) is 2.72. The number of nitrogens with zero attached hydrogens (tertiary/aromatic N) is 2. The Morgan fingerprint density at radius 2 is 2.09 bits per heavy atom. The molecule has 0 radical (unpaired) electrons.